The SMILES string of the molecule is CCN(CC1CCC1)C1CCC(C#N)(NC2CC2)C1. The summed E-state index contributed by atoms with van der Waals surface area (Å²) in [6.45, 7) is 4.69. The van der Waals surface area contributed by atoms with Crippen molar-refractivity contribution in [2.45, 2.75) is 75.9 Å². The molecule has 106 valence electrons. The molecule has 3 fully saturated rings. The van der Waals surface area contributed by atoms with E-state index in [1.54, 1.807) is 0 Å². The lowest BCUT2D eigenvalue weighted by atomic mass is 9.84. The van der Waals surface area contributed by atoms with Crippen LogP contribution in [0, 0.1) is 17.2 Å². The van der Waals surface area contributed by atoms with E-state index in [0.717, 1.165) is 25.3 Å². The van der Waals surface area contributed by atoms with Crippen LogP contribution in [0.5, 0.6) is 0 Å². The zero-order valence-corrected chi connectivity index (χ0v) is 12.2. The van der Waals surface area contributed by atoms with E-state index in [4.69, 9.17) is 0 Å². The van der Waals surface area contributed by atoms with Crippen LogP contribution >= 0.6 is 0 Å². The summed E-state index contributed by atoms with van der Waals surface area (Å²) >= 11 is 0. The van der Waals surface area contributed by atoms with E-state index in [9.17, 15) is 5.26 Å². The number of rotatable bonds is 6. The molecule has 3 aliphatic carbocycles. The van der Waals surface area contributed by atoms with Gasteiger partial charge in [0.1, 0.15) is 5.54 Å². The fraction of sp³-hybridized carbons (Fsp3) is 0.938. The molecule has 0 radical (unpaired) electrons. The third-order valence-electron chi connectivity index (χ3n) is 5.40. The molecule has 0 aliphatic heterocycles. The smallest absolute Gasteiger partial charge is 0.108 e. The minimum atomic E-state index is -0.209. The highest BCUT2D eigenvalue weighted by molar-refractivity contribution is 5.15. The first-order valence-electron chi connectivity index (χ1n) is 8.17. The molecule has 0 heterocycles. The standard InChI is InChI=1S/C16H27N3/c1-2-19(11-13-4-3-5-13)15-8-9-16(10-15,12-17)18-14-6-7-14/h13-15,18H,2-11H2,1H3. The van der Waals surface area contributed by atoms with E-state index in [0.29, 0.717) is 12.1 Å². The molecule has 3 rings (SSSR count). The molecule has 0 spiro atoms. The monoisotopic (exact) mass is 261 g/mol. The maximum absolute atomic E-state index is 9.57. The molecular formula is C16H27N3. The van der Waals surface area contributed by atoms with Crippen molar-refractivity contribution in [2.75, 3.05) is 13.1 Å². The number of nitrogens with zero attached hydrogens (tertiary/aromatic N) is 2. The fourth-order valence-corrected chi connectivity index (χ4v) is 3.76. The lowest BCUT2D eigenvalue weighted by Gasteiger charge is -2.35. The predicted molar refractivity (Wildman–Crippen MR) is 76.7 cm³/mol. The van der Waals surface area contributed by atoms with Crippen LogP contribution in [0.4, 0.5) is 0 Å². The number of nitrogens with one attached hydrogen (secondary N) is 1. The van der Waals surface area contributed by atoms with Gasteiger partial charge in [-0.2, -0.15) is 5.26 Å². The Bertz CT molecular complexity index is 353. The Balaban J connectivity index is 1.57. The van der Waals surface area contributed by atoms with Gasteiger partial charge in [-0.15, -0.1) is 0 Å². The number of hydrogen-bond donors (Lipinski definition) is 1. The molecule has 2 atom stereocenters. The van der Waals surface area contributed by atoms with E-state index in [1.165, 1.54) is 45.1 Å². The summed E-state index contributed by atoms with van der Waals surface area (Å²) in [7, 11) is 0. The van der Waals surface area contributed by atoms with E-state index in [2.05, 4.69) is 23.2 Å². The molecular weight excluding hydrogens is 234 g/mol. The third kappa shape index (κ3) is 2.95. The second-order valence-corrected chi connectivity index (χ2v) is 6.89. The van der Waals surface area contributed by atoms with Crippen molar-refractivity contribution in [3.8, 4) is 6.07 Å². The highest BCUT2D eigenvalue weighted by Gasteiger charge is 2.44. The fourth-order valence-electron chi connectivity index (χ4n) is 3.76. The van der Waals surface area contributed by atoms with Crippen LogP contribution in [0.2, 0.25) is 0 Å². The van der Waals surface area contributed by atoms with Gasteiger partial charge in [-0.25, -0.2) is 0 Å². The van der Waals surface area contributed by atoms with Crippen LogP contribution in [0.3, 0.4) is 0 Å². The van der Waals surface area contributed by atoms with E-state index in [1.807, 2.05) is 0 Å². The van der Waals surface area contributed by atoms with Gasteiger partial charge in [-0.3, -0.25) is 5.32 Å². The van der Waals surface area contributed by atoms with Gasteiger partial charge in [0.05, 0.1) is 6.07 Å². The van der Waals surface area contributed by atoms with Crippen molar-refractivity contribution < 1.29 is 0 Å². The minimum Gasteiger partial charge on any atom is -0.300 e. The molecule has 19 heavy (non-hydrogen) atoms. The third-order valence-corrected chi connectivity index (χ3v) is 5.40. The van der Waals surface area contributed by atoms with Crippen LogP contribution in [0.25, 0.3) is 0 Å². The number of nitriles is 1. The van der Waals surface area contributed by atoms with Crippen LogP contribution in [0.15, 0.2) is 0 Å². The summed E-state index contributed by atoms with van der Waals surface area (Å²) in [5.74, 6) is 0.938. The van der Waals surface area contributed by atoms with Gasteiger partial charge in [0.15, 0.2) is 0 Å². The molecule has 1 N–H and O–H groups in total. The van der Waals surface area contributed by atoms with E-state index < -0.39 is 0 Å². The van der Waals surface area contributed by atoms with Crippen molar-refractivity contribution in [1.29, 1.82) is 5.26 Å². The Hall–Kier alpha value is -0.590. The number of hydrogen-bond acceptors (Lipinski definition) is 3. The van der Waals surface area contributed by atoms with Crippen molar-refractivity contribution >= 4 is 0 Å². The van der Waals surface area contributed by atoms with Gasteiger partial charge < -0.3 is 4.90 Å². The van der Waals surface area contributed by atoms with Crippen LogP contribution in [-0.4, -0.2) is 35.6 Å². The van der Waals surface area contributed by atoms with Gasteiger partial charge in [-0.1, -0.05) is 13.3 Å². The topological polar surface area (TPSA) is 39.1 Å². The molecule has 0 aromatic rings. The zero-order chi connectivity index (χ0) is 13.3. The van der Waals surface area contributed by atoms with Crippen molar-refractivity contribution in [2.24, 2.45) is 5.92 Å². The van der Waals surface area contributed by atoms with E-state index >= 15 is 0 Å². The Morgan fingerprint density at radius 3 is 2.58 bits per heavy atom. The quantitative estimate of drug-likeness (QED) is 0.799. The second kappa shape index (κ2) is 5.42. The Kier molecular flexibility index (Phi) is 3.82. The van der Waals surface area contributed by atoms with Gasteiger partial charge in [0.2, 0.25) is 0 Å². The highest BCUT2D eigenvalue weighted by atomic mass is 15.2. The lowest BCUT2D eigenvalue weighted by Crippen LogP contribution is -2.46. The predicted octanol–water partition coefficient (Wildman–Crippen LogP) is 2.68. The van der Waals surface area contributed by atoms with Gasteiger partial charge >= 0.3 is 0 Å². The van der Waals surface area contributed by atoms with Gasteiger partial charge in [0, 0.05) is 18.6 Å². The summed E-state index contributed by atoms with van der Waals surface area (Å²) in [5.41, 5.74) is -0.209. The maximum Gasteiger partial charge on any atom is 0.108 e. The first-order valence-corrected chi connectivity index (χ1v) is 8.17. The Morgan fingerprint density at radius 2 is 2.05 bits per heavy atom. The molecule has 0 aromatic carbocycles. The first-order chi connectivity index (χ1) is 9.24. The lowest BCUT2D eigenvalue weighted by molar-refractivity contribution is 0.136. The summed E-state index contributed by atoms with van der Waals surface area (Å²) in [6.07, 6.45) is 10.1. The van der Waals surface area contributed by atoms with Crippen LogP contribution < -0.4 is 5.32 Å². The minimum absolute atomic E-state index is 0.209. The van der Waals surface area contributed by atoms with Gasteiger partial charge in [0.25, 0.3) is 0 Å². The molecule has 0 aromatic heterocycles. The van der Waals surface area contributed by atoms with Crippen molar-refractivity contribution in [3.05, 3.63) is 0 Å². The molecule has 0 bridgehead atoms. The molecule has 3 saturated carbocycles. The van der Waals surface area contributed by atoms with Gasteiger partial charge in [-0.05, 0) is 57.4 Å². The summed E-state index contributed by atoms with van der Waals surface area (Å²) < 4.78 is 0. The molecule has 0 amide bonds. The molecule has 0 saturated heterocycles. The van der Waals surface area contributed by atoms with Crippen LogP contribution in [0.1, 0.15) is 58.3 Å². The molecule has 3 nitrogen and oxygen atoms in total. The zero-order valence-electron chi connectivity index (χ0n) is 12.2. The summed E-state index contributed by atoms with van der Waals surface area (Å²) in [6, 6.07) is 3.88. The average Bonchev–Trinajstić information content (AvgIpc) is 3.07. The largest absolute Gasteiger partial charge is 0.300 e. The normalized spacial score (nSPS) is 35.3. The Morgan fingerprint density at radius 1 is 1.26 bits per heavy atom. The van der Waals surface area contributed by atoms with Crippen molar-refractivity contribution in [1.82, 2.24) is 10.2 Å². The van der Waals surface area contributed by atoms with E-state index in [-0.39, 0.29) is 5.54 Å². The van der Waals surface area contributed by atoms with Crippen molar-refractivity contribution in [3.63, 3.8) is 0 Å². The molecule has 2 unspecified atom stereocenters. The highest BCUT2D eigenvalue weighted by Crippen LogP contribution is 2.37. The summed E-state index contributed by atoms with van der Waals surface area (Å²) in [5, 5.41) is 13.2. The first kappa shape index (κ1) is 13.4. The van der Waals surface area contributed by atoms with Crippen LogP contribution in [-0.2, 0) is 0 Å². The Labute approximate surface area is 117 Å². The summed E-state index contributed by atoms with van der Waals surface area (Å²) in [4.78, 5) is 2.65. The second-order valence-electron chi connectivity index (χ2n) is 6.89. The average molecular weight is 261 g/mol. The molecule has 3 aliphatic rings. The maximum atomic E-state index is 9.57. The molecule has 3 heteroatoms.